The van der Waals surface area contributed by atoms with Gasteiger partial charge in [0.05, 0.1) is 35.9 Å². The summed E-state index contributed by atoms with van der Waals surface area (Å²) in [7, 11) is -4.46. The van der Waals surface area contributed by atoms with Gasteiger partial charge in [-0.2, -0.15) is 8.42 Å². The van der Waals surface area contributed by atoms with Gasteiger partial charge in [0.25, 0.3) is 0 Å². The highest BCUT2D eigenvalue weighted by Crippen LogP contribution is 2.58. The number of pyridine rings is 1. The number of benzene rings is 1. The molecule has 3 aliphatic rings. The van der Waals surface area contributed by atoms with Gasteiger partial charge >= 0.3 is 22.6 Å². The molecule has 2 aliphatic carbocycles. The van der Waals surface area contributed by atoms with Crippen LogP contribution in [-0.2, 0) is 38.4 Å². The highest BCUT2D eigenvalue weighted by molar-refractivity contribution is 7.85. The van der Waals surface area contributed by atoms with E-state index >= 15 is 0 Å². The van der Waals surface area contributed by atoms with Crippen molar-refractivity contribution in [3.8, 4) is 11.6 Å². The van der Waals surface area contributed by atoms with Crippen molar-refractivity contribution in [2.24, 2.45) is 22.7 Å². The van der Waals surface area contributed by atoms with E-state index in [0.29, 0.717) is 30.0 Å². The summed E-state index contributed by atoms with van der Waals surface area (Å²) in [5.41, 5.74) is -3.83. The average molecular weight is 798 g/mol. The monoisotopic (exact) mass is 797 g/mol. The number of esters is 1. The van der Waals surface area contributed by atoms with Gasteiger partial charge in [-0.3, -0.25) is 19.2 Å². The SMILES string of the molecule is CC[C@@H]1C[C@]1(CC(=O)[C@@H]1C[C@H](Oc2nccc3cc(OC(F)(F)F)ccc23)CN1C(=O)[C@@H](CC(=O)OC(C)(C)C)C(C)(C)C)C(=O)NS(=O)(=O)OC1(C)CC1. The van der Waals surface area contributed by atoms with E-state index in [-0.39, 0.29) is 44.0 Å². The van der Waals surface area contributed by atoms with Gasteiger partial charge < -0.3 is 19.1 Å². The number of nitrogens with one attached hydrogen (secondary N) is 1. The van der Waals surface area contributed by atoms with Crippen molar-refractivity contribution < 1.29 is 59.2 Å². The Balaban J connectivity index is 1.44. The molecule has 3 fully saturated rings. The first kappa shape index (κ1) is 42.2. The minimum absolute atomic E-state index is 0.0429. The summed E-state index contributed by atoms with van der Waals surface area (Å²) < 4.78 is 87.3. The van der Waals surface area contributed by atoms with Crippen molar-refractivity contribution in [2.45, 2.75) is 130 Å². The number of amides is 2. The summed E-state index contributed by atoms with van der Waals surface area (Å²) in [6.45, 7) is 13.8. The van der Waals surface area contributed by atoms with Crippen molar-refractivity contribution in [1.29, 1.82) is 0 Å². The van der Waals surface area contributed by atoms with E-state index in [1.54, 1.807) is 48.5 Å². The molecule has 55 heavy (non-hydrogen) atoms. The molecular weight excluding hydrogens is 747 g/mol. The van der Waals surface area contributed by atoms with Crippen LogP contribution in [0, 0.1) is 22.7 Å². The largest absolute Gasteiger partial charge is 0.573 e. The van der Waals surface area contributed by atoms with Crippen LogP contribution < -0.4 is 14.2 Å². The maximum absolute atomic E-state index is 14.5. The third-order valence-corrected chi connectivity index (χ3v) is 11.5. The molecule has 17 heteroatoms. The number of hydrogen-bond acceptors (Lipinski definition) is 11. The molecule has 0 radical (unpaired) electrons. The summed E-state index contributed by atoms with van der Waals surface area (Å²) in [6.07, 6.45) is -3.33. The standard InChI is InChI=1S/C38H50F3N3O10S/c1-9-23-19-37(23,33(48)43-55(49,50)54-36(8)13-14-36)20-29(45)28-17-25(21-44(28)32(47)27(34(2,3)4)18-30(46)53-35(5,6)7)51-31-26-11-10-24(52-38(39,40)41)16-22(26)12-15-42-31/h10-12,15-16,23,25,27-28H,9,13-14,17-21H2,1-8H3,(H,43,48)/t23-,25+,27-,28+,37-/m1/s1. The molecule has 2 saturated carbocycles. The predicted molar refractivity (Wildman–Crippen MR) is 193 cm³/mol. The Morgan fingerprint density at radius 1 is 1.05 bits per heavy atom. The molecular formula is C38H50F3N3O10S. The molecule has 0 unspecified atom stereocenters. The number of carbonyl (C=O) groups is 4. The first-order chi connectivity index (χ1) is 25.2. The highest BCUT2D eigenvalue weighted by atomic mass is 32.2. The number of carbonyl (C=O) groups excluding carboxylic acids is 4. The zero-order chi connectivity index (χ0) is 40.9. The Hall–Kier alpha value is -3.99. The Bertz CT molecular complexity index is 1940. The van der Waals surface area contributed by atoms with E-state index in [4.69, 9.17) is 13.7 Å². The first-order valence-electron chi connectivity index (χ1n) is 18.4. The topological polar surface area (TPSA) is 168 Å². The van der Waals surface area contributed by atoms with Gasteiger partial charge in [-0.15, -0.1) is 13.2 Å². The molecule has 1 N–H and O–H groups in total. The summed E-state index contributed by atoms with van der Waals surface area (Å²) in [5, 5.41) is 0.683. The normalized spacial score (nSPS) is 24.2. The fraction of sp³-hybridized carbons (Fsp3) is 0.658. The lowest BCUT2D eigenvalue weighted by molar-refractivity contribution is -0.274. The number of ketones is 1. The van der Waals surface area contributed by atoms with Crippen LogP contribution in [-0.4, -0.2) is 78.1 Å². The lowest BCUT2D eigenvalue weighted by Gasteiger charge is -2.35. The van der Waals surface area contributed by atoms with E-state index in [9.17, 15) is 40.8 Å². The molecule has 5 atom stereocenters. The van der Waals surface area contributed by atoms with Crippen molar-refractivity contribution in [1.82, 2.24) is 14.6 Å². The zero-order valence-electron chi connectivity index (χ0n) is 32.4. The molecule has 2 heterocycles. The smallest absolute Gasteiger partial charge is 0.472 e. The fourth-order valence-electron chi connectivity index (χ4n) is 7.20. The second kappa shape index (κ2) is 14.8. The van der Waals surface area contributed by atoms with Crippen LogP contribution in [0.2, 0.25) is 0 Å². The van der Waals surface area contributed by atoms with E-state index in [1.165, 1.54) is 29.3 Å². The highest BCUT2D eigenvalue weighted by Gasteiger charge is 2.62. The van der Waals surface area contributed by atoms with E-state index in [0.717, 1.165) is 6.07 Å². The number of fused-ring (bicyclic) bond motifs is 1. The van der Waals surface area contributed by atoms with E-state index < -0.39 is 86.1 Å². The molecule has 0 bridgehead atoms. The zero-order valence-corrected chi connectivity index (χ0v) is 33.2. The fourth-order valence-corrected chi connectivity index (χ4v) is 8.37. The number of nitrogens with zero attached hydrogens (tertiary/aromatic N) is 2. The van der Waals surface area contributed by atoms with Gasteiger partial charge in [-0.05, 0) is 87.9 Å². The van der Waals surface area contributed by atoms with Crippen molar-refractivity contribution in [2.75, 3.05) is 6.54 Å². The molecule has 0 spiro atoms. The molecule has 2 amide bonds. The first-order valence-corrected chi connectivity index (χ1v) is 19.8. The van der Waals surface area contributed by atoms with Crippen molar-refractivity contribution in [3.05, 3.63) is 30.5 Å². The molecule has 1 saturated heterocycles. The molecule has 1 aromatic heterocycles. The number of halogens is 3. The molecule has 304 valence electrons. The van der Waals surface area contributed by atoms with Gasteiger partial charge in [-0.1, -0.05) is 34.1 Å². The van der Waals surface area contributed by atoms with Crippen LogP contribution in [0.25, 0.3) is 10.8 Å². The number of aromatic nitrogens is 1. The van der Waals surface area contributed by atoms with Gasteiger partial charge in [0, 0.05) is 24.4 Å². The molecule has 1 aromatic carbocycles. The number of likely N-dealkylation sites (tertiary alicyclic amines) is 1. The number of hydrogen-bond donors (Lipinski definition) is 1. The second-order valence-electron chi connectivity index (χ2n) is 17.3. The van der Waals surface area contributed by atoms with Crippen molar-refractivity contribution >= 4 is 44.6 Å². The van der Waals surface area contributed by atoms with Crippen LogP contribution in [0.15, 0.2) is 30.5 Å². The molecule has 13 nitrogen and oxygen atoms in total. The number of Topliss-reactive ketones (excluding diaryl/α,β-unsaturated/α-hetero) is 1. The van der Waals surface area contributed by atoms with Crippen LogP contribution in [0.1, 0.15) is 100 Å². The number of rotatable bonds is 14. The number of alkyl halides is 3. The third-order valence-electron chi connectivity index (χ3n) is 10.4. The van der Waals surface area contributed by atoms with Crippen LogP contribution in [0.4, 0.5) is 13.2 Å². The summed E-state index contributed by atoms with van der Waals surface area (Å²) in [4.78, 5) is 61.3. The third kappa shape index (κ3) is 10.5. The second-order valence-corrected chi connectivity index (χ2v) is 18.5. The predicted octanol–water partition coefficient (Wildman–Crippen LogP) is 6.18. The Morgan fingerprint density at radius 3 is 2.29 bits per heavy atom. The number of ether oxygens (including phenoxy) is 3. The van der Waals surface area contributed by atoms with Gasteiger partial charge in [0.2, 0.25) is 17.7 Å². The summed E-state index contributed by atoms with van der Waals surface area (Å²) >= 11 is 0. The van der Waals surface area contributed by atoms with Crippen molar-refractivity contribution in [3.63, 3.8) is 0 Å². The quantitative estimate of drug-likeness (QED) is 0.217. The Morgan fingerprint density at radius 2 is 1.73 bits per heavy atom. The van der Waals surface area contributed by atoms with Crippen LogP contribution in [0.5, 0.6) is 11.6 Å². The Labute approximate surface area is 319 Å². The summed E-state index contributed by atoms with van der Waals surface area (Å²) in [6, 6.07) is 4.00. The van der Waals surface area contributed by atoms with E-state index in [1.807, 2.05) is 11.6 Å². The molecule has 2 aromatic rings. The van der Waals surface area contributed by atoms with Gasteiger partial charge in [0.1, 0.15) is 17.5 Å². The summed E-state index contributed by atoms with van der Waals surface area (Å²) in [5.74, 6) is -4.11. The molecule has 5 rings (SSSR count). The van der Waals surface area contributed by atoms with Gasteiger partial charge in [-0.25, -0.2) is 13.9 Å². The lowest BCUT2D eigenvalue weighted by Crippen LogP contribution is -2.49. The van der Waals surface area contributed by atoms with Gasteiger partial charge in [0.15, 0.2) is 5.78 Å². The lowest BCUT2D eigenvalue weighted by atomic mass is 9.77. The minimum atomic E-state index is -4.90. The molecule has 1 aliphatic heterocycles. The Kier molecular flexibility index (Phi) is 11.4. The van der Waals surface area contributed by atoms with E-state index in [2.05, 4.69) is 9.72 Å². The maximum Gasteiger partial charge on any atom is 0.573 e. The van der Waals surface area contributed by atoms with Crippen LogP contribution in [0.3, 0.4) is 0 Å². The minimum Gasteiger partial charge on any atom is -0.472 e. The van der Waals surface area contributed by atoms with Crippen LogP contribution >= 0.6 is 0 Å². The maximum atomic E-state index is 14.5. The average Bonchev–Trinajstić information content (AvgIpc) is 3.89.